The van der Waals surface area contributed by atoms with Crippen molar-refractivity contribution in [1.82, 2.24) is 14.8 Å². The zero-order valence-electron chi connectivity index (χ0n) is 17.2. The Hall–Kier alpha value is -3.83. The second-order valence-corrected chi connectivity index (χ2v) is 8.10. The molecule has 0 saturated heterocycles. The predicted molar refractivity (Wildman–Crippen MR) is 126 cm³/mol. The summed E-state index contributed by atoms with van der Waals surface area (Å²) >= 11 is 6.12. The summed E-state index contributed by atoms with van der Waals surface area (Å²) in [4.78, 5) is 5.03. The van der Waals surface area contributed by atoms with Gasteiger partial charge < -0.3 is 9.47 Å². The fourth-order valence-corrected chi connectivity index (χ4v) is 4.22. The Morgan fingerprint density at radius 3 is 2.41 bits per heavy atom. The number of fused-ring (bicyclic) bond motifs is 2. The summed E-state index contributed by atoms with van der Waals surface area (Å²) in [7, 11) is 0. The molecule has 0 aliphatic carbocycles. The zero-order valence-corrected chi connectivity index (χ0v) is 18.0. The van der Waals surface area contributed by atoms with Gasteiger partial charge in [-0.3, -0.25) is 0 Å². The molecule has 5 aromatic rings. The molecule has 0 spiro atoms. The van der Waals surface area contributed by atoms with E-state index in [1.807, 2.05) is 84.4 Å². The molecule has 1 aliphatic heterocycles. The monoisotopic (exact) mass is 439 g/mol. The van der Waals surface area contributed by atoms with Gasteiger partial charge in [-0.15, -0.1) is 0 Å². The van der Waals surface area contributed by atoms with Gasteiger partial charge in [0.25, 0.3) is 0 Å². The van der Waals surface area contributed by atoms with E-state index in [9.17, 15) is 0 Å². The number of rotatable bonds is 3. The topological polar surface area (TPSA) is 49.2 Å². The number of aryl methyl sites for hydroxylation is 1. The average Bonchev–Trinajstić information content (AvgIpc) is 3.43. The second-order valence-electron chi connectivity index (χ2n) is 7.66. The molecule has 0 N–H and O–H groups in total. The van der Waals surface area contributed by atoms with Crippen LogP contribution in [0.25, 0.3) is 39.1 Å². The van der Waals surface area contributed by atoms with E-state index >= 15 is 0 Å². The first-order valence-electron chi connectivity index (χ1n) is 10.3. The predicted octanol–water partition coefficient (Wildman–Crippen LogP) is 6.45. The molecular formula is C26H18ClN3O2. The minimum absolute atomic E-state index is 0.242. The highest BCUT2D eigenvalue weighted by atomic mass is 35.5. The molecule has 6 rings (SSSR count). The molecule has 2 aromatic heterocycles. The maximum atomic E-state index is 6.12. The number of para-hydroxylation sites is 1. The molecule has 6 heteroatoms. The number of halogens is 1. The largest absolute Gasteiger partial charge is 0.454 e. The number of pyridine rings is 1. The zero-order chi connectivity index (χ0) is 21.7. The lowest BCUT2D eigenvalue weighted by atomic mass is 9.99. The van der Waals surface area contributed by atoms with Crippen LogP contribution in [0.2, 0.25) is 5.02 Å². The van der Waals surface area contributed by atoms with Gasteiger partial charge in [0.15, 0.2) is 17.1 Å². The van der Waals surface area contributed by atoms with E-state index in [4.69, 9.17) is 31.2 Å². The van der Waals surface area contributed by atoms with E-state index in [1.54, 1.807) is 0 Å². The molecule has 0 amide bonds. The van der Waals surface area contributed by atoms with Crippen LogP contribution < -0.4 is 9.47 Å². The van der Waals surface area contributed by atoms with Gasteiger partial charge in [-0.25, -0.2) is 9.67 Å². The van der Waals surface area contributed by atoms with Crippen molar-refractivity contribution >= 4 is 22.6 Å². The molecule has 0 atom stereocenters. The van der Waals surface area contributed by atoms with Gasteiger partial charge in [0.2, 0.25) is 6.79 Å². The van der Waals surface area contributed by atoms with Crippen LogP contribution in [-0.4, -0.2) is 21.6 Å². The lowest BCUT2D eigenvalue weighted by molar-refractivity contribution is 0.174. The van der Waals surface area contributed by atoms with Crippen molar-refractivity contribution < 1.29 is 9.47 Å². The number of aromatic nitrogens is 3. The van der Waals surface area contributed by atoms with Crippen molar-refractivity contribution in [2.75, 3.05) is 6.79 Å². The fourth-order valence-electron chi connectivity index (χ4n) is 4.10. The van der Waals surface area contributed by atoms with E-state index in [-0.39, 0.29) is 6.79 Å². The second kappa shape index (κ2) is 7.39. The molecule has 0 radical (unpaired) electrons. The molecule has 0 fully saturated rings. The molecule has 156 valence electrons. The van der Waals surface area contributed by atoms with Crippen LogP contribution in [0.1, 0.15) is 5.69 Å². The summed E-state index contributed by atoms with van der Waals surface area (Å²) in [6.07, 6.45) is 0. The van der Waals surface area contributed by atoms with E-state index in [0.717, 1.165) is 56.3 Å². The Bertz CT molecular complexity index is 1460. The standard InChI is InChI=1S/C26H18ClN3O2/c1-16-25-21(18-9-12-23-24(13-18)32-15-31-23)14-22(17-7-10-19(27)11-8-17)28-26(25)30(29-16)20-5-3-2-4-6-20/h2-14H,15H2,1H3. The van der Waals surface area contributed by atoms with Crippen LogP contribution in [0.4, 0.5) is 0 Å². The van der Waals surface area contributed by atoms with Crippen molar-refractivity contribution in [3.63, 3.8) is 0 Å². The summed E-state index contributed by atoms with van der Waals surface area (Å²) in [6.45, 7) is 2.26. The van der Waals surface area contributed by atoms with E-state index in [2.05, 4.69) is 6.07 Å². The number of ether oxygens (including phenoxy) is 2. The van der Waals surface area contributed by atoms with Crippen LogP contribution in [0.3, 0.4) is 0 Å². The molecule has 0 bridgehead atoms. The van der Waals surface area contributed by atoms with Crippen molar-refractivity contribution in [2.24, 2.45) is 0 Å². The molecule has 0 saturated carbocycles. The van der Waals surface area contributed by atoms with Crippen LogP contribution in [0.5, 0.6) is 11.5 Å². The highest BCUT2D eigenvalue weighted by Crippen LogP contribution is 2.40. The summed E-state index contributed by atoms with van der Waals surface area (Å²) in [5, 5.41) is 6.54. The van der Waals surface area contributed by atoms with E-state index < -0.39 is 0 Å². The van der Waals surface area contributed by atoms with Crippen molar-refractivity contribution in [1.29, 1.82) is 0 Å². The Labute approximate surface area is 189 Å². The molecule has 32 heavy (non-hydrogen) atoms. The summed E-state index contributed by atoms with van der Waals surface area (Å²) in [5.41, 5.74) is 6.56. The van der Waals surface area contributed by atoms with E-state index in [0.29, 0.717) is 5.02 Å². The molecule has 3 aromatic carbocycles. The number of hydrogen-bond acceptors (Lipinski definition) is 4. The van der Waals surface area contributed by atoms with Crippen LogP contribution in [-0.2, 0) is 0 Å². The summed E-state index contributed by atoms with van der Waals surface area (Å²) < 4.78 is 13.0. The first-order valence-corrected chi connectivity index (χ1v) is 10.7. The van der Waals surface area contributed by atoms with E-state index in [1.165, 1.54) is 0 Å². The normalized spacial score (nSPS) is 12.4. The first-order chi connectivity index (χ1) is 15.7. The van der Waals surface area contributed by atoms with Crippen molar-refractivity contribution in [2.45, 2.75) is 6.92 Å². The molecular weight excluding hydrogens is 422 g/mol. The quantitative estimate of drug-likeness (QED) is 0.324. The molecule has 0 unspecified atom stereocenters. The minimum Gasteiger partial charge on any atom is -0.454 e. The fraction of sp³-hybridized carbons (Fsp3) is 0.0769. The van der Waals surface area contributed by atoms with Crippen LogP contribution in [0.15, 0.2) is 78.9 Å². The molecule has 3 heterocycles. The summed E-state index contributed by atoms with van der Waals surface area (Å²) in [6, 6.07) is 25.9. The van der Waals surface area contributed by atoms with Gasteiger partial charge >= 0.3 is 0 Å². The number of nitrogens with zero attached hydrogens (tertiary/aromatic N) is 3. The third kappa shape index (κ3) is 3.10. The summed E-state index contributed by atoms with van der Waals surface area (Å²) in [5.74, 6) is 1.50. The van der Waals surface area contributed by atoms with Gasteiger partial charge in [0, 0.05) is 10.6 Å². The molecule has 1 aliphatic rings. The minimum atomic E-state index is 0.242. The lowest BCUT2D eigenvalue weighted by Gasteiger charge is -2.10. The highest BCUT2D eigenvalue weighted by Gasteiger charge is 2.20. The Morgan fingerprint density at radius 2 is 1.59 bits per heavy atom. The third-order valence-corrected chi connectivity index (χ3v) is 5.89. The van der Waals surface area contributed by atoms with Crippen molar-refractivity contribution in [3.05, 3.63) is 89.6 Å². The maximum absolute atomic E-state index is 6.12. The first kappa shape index (κ1) is 18.9. The van der Waals surface area contributed by atoms with Gasteiger partial charge in [-0.1, -0.05) is 48.0 Å². The smallest absolute Gasteiger partial charge is 0.231 e. The van der Waals surface area contributed by atoms with Gasteiger partial charge in [0.05, 0.1) is 22.5 Å². The SMILES string of the molecule is Cc1nn(-c2ccccc2)c2nc(-c3ccc(Cl)cc3)cc(-c3ccc4c(c3)OCO4)c12. The number of benzene rings is 3. The van der Waals surface area contributed by atoms with Crippen molar-refractivity contribution in [3.8, 4) is 39.6 Å². The van der Waals surface area contributed by atoms with Gasteiger partial charge in [0.1, 0.15) is 0 Å². The maximum Gasteiger partial charge on any atom is 0.231 e. The lowest BCUT2D eigenvalue weighted by Crippen LogP contribution is -1.98. The Balaban J connectivity index is 1.65. The number of hydrogen-bond donors (Lipinski definition) is 0. The highest BCUT2D eigenvalue weighted by molar-refractivity contribution is 6.30. The van der Waals surface area contributed by atoms with Crippen LogP contribution >= 0.6 is 11.6 Å². The average molecular weight is 440 g/mol. The Morgan fingerprint density at radius 1 is 0.844 bits per heavy atom. The molecule has 5 nitrogen and oxygen atoms in total. The van der Waals surface area contributed by atoms with Gasteiger partial charge in [-0.2, -0.15) is 5.10 Å². The van der Waals surface area contributed by atoms with Gasteiger partial charge in [-0.05, 0) is 60.5 Å². The Kier molecular flexibility index (Phi) is 4.37. The third-order valence-electron chi connectivity index (χ3n) is 5.64. The van der Waals surface area contributed by atoms with Crippen LogP contribution in [0, 0.1) is 6.92 Å².